The maximum Gasteiger partial charge on any atom is 0.238 e. The van der Waals surface area contributed by atoms with Crippen LogP contribution in [0, 0.1) is 5.82 Å². The summed E-state index contributed by atoms with van der Waals surface area (Å²) in [5.41, 5.74) is 1.61. The summed E-state index contributed by atoms with van der Waals surface area (Å²) in [6.07, 6.45) is 0. The quantitative estimate of drug-likeness (QED) is 0.791. The zero-order chi connectivity index (χ0) is 18.4. The molecule has 0 bridgehead atoms. The Bertz CT molecular complexity index is 742. The van der Waals surface area contributed by atoms with Gasteiger partial charge in [0.25, 0.3) is 0 Å². The van der Waals surface area contributed by atoms with E-state index >= 15 is 0 Å². The van der Waals surface area contributed by atoms with Crippen molar-refractivity contribution in [2.24, 2.45) is 0 Å². The molecule has 146 valence electrons. The fraction of sp³-hybridized carbons (Fsp3) is 0.350. The number of rotatable bonds is 6. The number of ether oxygens (including phenoxy) is 1. The van der Waals surface area contributed by atoms with Crippen LogP contribution in [0.5, 0.6) is 5.75 Å². The summed E-state index contributed by atoms with van der Waals surface area (Å²) >= 11 is 0. The lowest BCUT2D eigenvalue weighted by atomic mass is 10.0. The highest BCUT2D eigenvalue weighted by atomic mass is 35.5. The van der Waals surface area contributed by atoms with Crippen molar-refractivity contribution in [1.82, 2.24) is 10.2 Å². The van der Waals surface area contributed by atoms with E-state index in [0.29, 0.717) is 13.2 Å². The van der Waals surface area contributed by atoms with Gasteiger partial charge in [0, 0.05) is 31.4 Å². The second-order valence-electron chi connectivity index (χ2n) is 6.25. The van der Waals surface area contributed by atoms with Gasteiger partial charge in [0.05, 0.1) is 13.2 Å². The molecule has 1 heterocycles. The summed E-state index contributed by atoms with van der Waals surface area (Å²) < 4.78 is 19.0. The number of piperazine rings is 1. The van der Waals surface area contributed by atoms with E-state index < -0.39 is 0 Å². The van der Waals surface area contributed by atoms with Crippen molar-refractivity contribution in [3.8, 4) is 5.75 Å². The summed E-state index contributed by atoms with van der Waals surface area (Å²) in [5, 5.41) is 6.23. The highest BCUT2D eigenvalue weighted by Gasteiger charge is 2.25. The molecule has 0 spiro atoms. The van der Waals surface area contributed by atoms with Crippen molar-refractivity contribution in [2.45, 2.75) is 13.0 Å². The lowest BCUT2D eigenvalue weighted by Crippen LogP contribution is -2.48. The molecule has 7 heteroatoms. The maximum absolute atomic E-state index is 13.6. The lowest BCUT2D eigenvalue weighted by molar-refractivity contribution is -0.118. The average molecular weight is 394 g/mol. The van der Waals surface area contributed by atoms with Crippen LogP contribution in [0.4, 0.5) is 10.1 Å². The molecule has 5 nitrogen and oxygen atoms in total. The zero-order valence-electron chi connectivity index (χ0n) is 15.3. The number of nitrogens with one attached hydrogen (secondary N) is 2. The second-order valence-corrected chi connectivity index (χ2v) is 6.25. The number of amides is 1. The number of carbonyl (C=O) groups excluding carboxylic acids is 1. The van der Waals surface area contributed by atoms with Gasteiger partial charge in [-0.05, 0) is 48.9 Å². The zero-order valence-corrected chi connectivity index (χ0v) is 16.1. The highest BCUT2D eigenvalue weighted by molar-refractivity contribution is 5.92. The van der Waals surface area contributed by atoms with Gasteiger partial charge in [0.1, 0.15) is 11.6 Å². The molecule has 27 heavy (non-hydrogen) atoms. The fourth-order valence-electron chi connectivity index (χ4n) is 3.16. The predicted octanol–water partition coefficient (Wildman–Crippen LogP) is 3.23. The Balaban J connectivity index is 0.00000261. The molecule has 2 aromatic rings. The van der Waals surface area contributed by atoms with E-state index in [1.54, 1.807) is 6.07 Å². The van der Waals surface area contributed by atoms with Crippen LogP contribution in [0.2, 0.25) is 0 Å². The molecule has 0 radical (unpaired) electrons. The second kappa shape index (κ2) is 10.3. The van der Waals surface area contributed by atoms with E-state index in [1.807, 2.05) is 37.3 Å². The first-order valence-electron chi connectivity index (χ1n) is 8.88. The van der Waals surface area contributed by atoms with Crippen molar-refractivity contribution < 1.29 is 13.9 Å². The smallest absolute Gasteiger partial charge is 0.238 e. The van der Waals surface area contributed by atoms with Crippen molar-refractivity contribution in [3.05, 3.63) is 59.9 Å². The van der Waals surface area contributed by atoms with Gasteiger partial charge < -0.3 is 15.4 Å². The van der Waals surface area contributed by atoms with Gasteiger partial charge in [0.15, 0.2) is 0 Å². The number of halogens is 2. The van der Waals surface area contributed by atoms with Gasteiger partial charge >= 0.3 is 0 Å². The molecule has 3 rings (SSSR count). The monoisotopic (exact) mass is 393 g/mol. The van der Waals surface area contributed by atoms with Crippen LogP contribution in [-0.4, -0.2) is 43.6 Å². The summed E-state index contributed by atoms with van der Waals surface area (Å²) in [6.45, 7) is 5.03. The van der Waals surface area contributed by atoms with Crippen LogP contribution in [0.3, 0.4) is 0 Å². The van der Waals surface area contributed by atoms with Crippen molar-refractivity contribution in [1.29, 1.82) is 0 Å². The lowest BCUT2D eigenvalue weighted by Gasteiger charge is -2.36. The van der Waals surface area contributed by atoms with Crippen LogP contribution in [0.15, 0.2) is 48.5 Å². The van der Waals surface area contributed by atoms with Crippen LogP contribution < -0.4 is 15.4 Å². The normalized spacial score (nSPS) is 17.0. The third-order valence-corrected chi connectivity index (χ3v) is 4.38. The molecule has 1 aliphatic rings. The van der Waals surface area contributed by atoms with Crippen molar-refractivity contribution in [3.63, 3.8) is 0 Å². The largest absolute Gasteiger partial charge is 0.494 e. The maximum atomic E-state index is 13.6. The number of hydrogen-bond donors (Lipinski definition) is 2. The number of hydrogen-bond acceptors (Lipinski definition) is 4. The van der Waals surface area contributed by atoms with Gasteiger partial charge in [-0.1, -0.05) is 12.1 Å². The summed E-state index contributed by atoms with van der Waals surface area (Å²) in [7, 11) is 0. The third kappa shape index (κ3) is 5.92. The molecule has 1 unspecified atom stereocenters. The standard InChI is InChI=1S/C20H24FN3O2.ClH/c1-2-26-18-8-6-17(7-9-18)23-20(25)14-24-11-10-22-13-19(24)15-4-3-5-16(21)12-15;/h3-9,12,19,22H,2,10-11,13-14H2,1H3,(H,23,25);1H. The first-order valence-corrected chi connectivity index (χ1v) is 8.88. The number of carbonyl (C=O) groups is 1. The molecule has 0 aromatic heterocycles. The van der Waals surface area contributed by atoms with Gasteiger partial charge in [-0.3, -0.25) is 9.69 Å². The van der Waals surface area contributed by atoms with Crippen LogP contribution in [0.25, 0.3) is 0 Å². The Hall–Kier alpha value is -2.15. The number of benzene rings is 2. The molecule has 1 atom stereocenters. The molecule has 1 fully saturated rings. The van der Waals surface area contributed by atoms with E-state index in [1.165, 1.54) is 12.1 Å². The average Bonchev–Trinajstić information content (AvgIpc) is 2.64. The van der Waals surface area contributed by atoms with Gasteiger partial charge in [-0.15, -0.1) is 12.4 Å². The van der Waals surface area contributed by atoms with Gasteiger partial charge in [-0.2, -0.15) is 0 Å². The van der Waals surface area contributed by atoms with Crippen molar-refractivity contribution in [2.75, 3.05) is 38.1 Å². The van der Waals surface area contributed by atoms with E-state index in [2.05, 4.69) is 15.5 Å². The Morgan fingerprint density at radius 3 is 2.78 bits per heavy atom. The minimum atomic E-state index is -0.258. The molecular weight excluding hydrogens is 369 g/mol. The molecular formula is C20H25ClFN3O2. The van der Waals surface area contributed by atoms with E-state index in [-0.39, 0.29) is 36.7 Å². The molecule has 1 saturated heterocycles. The fourth-order valence-corrected chi connectivity index (χ4v) is 3.16. The molecule has 1 amide bonds. The molecule has 0 aliphatic carbocycles. The number of anilines is 1. The Labute approximate surface area is 165 Å². The molecule has 2 N–H and O–H groups in total. The van der Waals surface area contributed by atoms with Gasteiger partial charge in [-0.25, -0.2) is 4.39 Å². The SMILES string of the molecule is CCOc1ccc(NC(=O)CN2CCNCC2c2cccc(F)c2)cc1.Cl. The molecule has 2 aromatic carbocycles. The van der Waals surface area contributed by atoms with Crippen LogP contribution >= 0.6 is 12.4 Å². The Morgan fingerprint density at radius 2 is 2.07 bits per heavy atom. The Kier molecular flexibility index (Phi) is 8.03. The third-order valence-electron chi connectivity index (χ3n) is 4.38. The first-order chi connectivity index (χ1) is 12.7. The topological polar surface area (TPSA) is 53.6 Å². The summed E-state index contributed by atoms with van der Waals surface area (Å²) in [6, 6.07) is 13.9. The Morgan fingerprint density at radius 1 is 1.30 bits per heavy atom. The minimum absolute atomic E-state index is 0. The van der Waals surface area contributed by atoms with E-state index in [4.69, 9.17) is 4.74 Å². The first kappa shape index (κ1) is 21.2. The highest BCUT2D eigenvalue weighted by Crippen LogP contribution is 2.23. The number of nitrogens with zero attached hydrogens (tertiary/aromatic N) is 1. The van der Waals surface area contributed by atoms with Crippen LogP contribution in [0.1, 0.15) is 18.5 Å². The molecule has 1 aliphatic heterocycles. The van der Waals surface area contributed by atoms with Crippen molar-refractivity contribution >= 4 is 24.0 Å². The minimum Gasteiger partial charge on any atom is -0.494 e. The van der Waals surface area contributed by atoms with Crippen LogP contribution in [-0.2, 0) is 4.79 Å². The molecule has 0 saturated carbocycles. The van der Waals surface area contributed by atoms with Gasteiger partial charge in [0.2, 0.25) is 5.91 Å². The summed E-state index contributed by atoms with van der Waals surface area (Å²) in [4.78, 5) is 14.5. The van der Waals surface area contributed by atoms with E-state index in [0.717, 1.165) is 30.1 Å². The predicted molar refractivity (Wildman–Crippen MR) is 107 cm³/mol. The summed E-state index contributed by atoms with van der Waals surface area (Å²) in [5.74, 6) is 0.433. The van der Waals surface area contributed by atoms with E-state index in [9.17, 15) is 9.18 Å².